The van der Waals surface area contributed by atoms with Gasteiger partial charge in [0, 0.05) is 38.9 Å². The van der Waals surface area contributed by atoms with E-state index < -0.39 is 0 Å². The van der Waals surface area contributed by atoms with Gasteiger partial charge in [-0.3, -0.25) is 18.9 Å². The second-order valence-corrected chi connectivity index (χ2v) is 13.0. The Morgan fingerprint density at radius 1 is 0.977 bits per heavy atom. The van der Waals surface area contributed by atoms with E-state index >= 15 is 0 Å². The lowest BCUT2D eigenvalue weighted by Gasteiger charge is -2.35. The second-order valence-electron chi connectivity index (χ2n) is 11.3. The number of hydrogen-bond donors (Lipinski definition) is 0. The summed E-state index contributed by atoms with van der Waals surface area (Å²) >= 11 is 6.84. The molecule has 0 aliphatic carbocycles. The third-order valence-corrected chi connectivity index (χ3v) is 9.35. The highest BCUT2D eigenvalue weighted by Gasteiger charge is 2.33. The predicted molar refractivity (Wildman–Crippen MR) is 179 cm³/mol. The first-order chi connectivity index (χ1) is 20.8. The van der Waals surface area contributed by atoms with E-state index in [1.807, 2.05) is 24.0 Å². The maximum absolute atomic E-state index is 13.8. The van der Waals surface area contributed by atoms with E-state index in [-0.39, 0.29) is 17.6 Å². The molecule has 2 aliphatic rings. The van der Waals surface area contributed by atoms with Crippen molar-refractivity contribution in [2.75, 3.05) is 44.2 Å². The number of aryl methyl sites for hydroxylation is 1. The molecule has 234 valence electrons. The zero-order valence-corrected chi connectivity index (χ0v) is 27.4. The molecule has 0 radical (unpaired) electrons. The molecule has 2 saturated heterocycles. The van der Waals surface area contributed by atoms with Crippen LogP contribution in [-0.2, 0) is 9.53 Å². The number of nitrogens with zero attached hydrogens (tertiary/aromatic N) is 5. The molecule has 2 fully saturated rings. The fourth-order valence-electron chi connectivity index (χ4n) is 5.51. The van der Waals surface area contributed by atoms with E-state index in [2.05, 4.69) is 6.92 Å². The van der Waals surface area contributed by atoms with E-state index in [1.54, 1.807) is 29.0 Å². The van der Waals surface area contributed by atoms with Crippen LogP contribution < -0.4 is 10.5 Å². The predicted octanol–water partition coefficient (Wildman–Crippen LogP) is 6.40. The van der Waals surface area contributed by atoms with Gasteiger partial charge < -0.3 is 14.5 Å². The minimum atomic E-state index is -0.338. The van der Waals surface area contributed by atoms with Gasteiger partial charge in [-0.1, -0.05) is 94.8 Å². The molecule has 0 N–H and O–H groups in total. The van der Waals surface area contributed by atoms with Gasteiger partial charge in [0.2, 0.25) is 0 Å². The van der Waals surface area contributed by atoms with Gasteiger partial charge in [0.15, 0.2) is 0 Å². The first kappa shape index (κ1) is 33.0. The zero-order valence-electron chi connectivity index (χ0n) is 25.8. The lowest BCUT2D eigenvalue weighted by Crippen LogP contribution is -2.49. The molecule has 2 aromatic heterocycles. The Kier molecular flexibility index (Phi) is 12.5. The Balaban J connectivity index is 1.46. The molecule has 0 saturated carbocycles. The summed E-state index contributed by atoms with van der Waals surface area (Å²) in [6, 6.07) is 3.74. The largest absolute Gasteiger partial charge is 0.450 e. The van der Waals surface area contributed by atoms with Gasteiger partial charge in [0.25, 0.3) is 11.5 Å². The zero-order chi connectivity index (χ0) is 30.8. The van der Waals surface area contributed by atoms with Gasteiger partial charge in [-0.05, 0) is 38.0 Å². The number of thioether (sulfide) groups is 1. The fraction of sp³-hybridized carbons (Fsp3) is 0.594. The maximum atomic E-state index is 13.8. The van der Waals surface area contributed by atoms with Crippen molar-refractivity contribution in [2.45, 2.75) is 85.0 Å². The monoisotopic (exact) mass is 627 g/mol. The molecule has 0 atom stereocenters. The first-order valence-corrected chi connectivity index (χ1v) is 17.0. The Bertz CT molecular complexity index is 1380. The molecule has 2 aromatic rings. The number of hydrogen-bond acceptors (Lipinski definition) is 8. The Morgan fingerprint density at radius 2 is 1.63 bits per heavy atom. The molecular formula is C32H45N5O4S2. The highest BCUT2D eigenvalue weighted by Crippen LogP contribution is 2.34. The lowest BCUT2D eigenvalue weighted by atomic mass is 10.1. The summed E-state index contributed by atoms with van der Waals surface area (Å²) in [6.45, 7) is 8.76. The van der Waals surface area contributed by atoms with Crippen molar-refractivity contribution < 1.29 is 14.3 Å². The first-order valence-electron chi connectivity index (χ1n) is 15.8. The van der Waals surface area contributed by atoms with Gasteiger partial charge in [0.05, 0.1) is 17.1 Å². The molecule has 0 spiro atoms. The highest BCUT2D eigenvalue weighted by atomic mass is 32.2. The number of aromatic nitrogens is 2. The van der Waals surface area contributed by atoms with E-state index in [1.165, 1.54) is 67.5 Å². The van der Waals surface area contributed by atoms with Crippen LogP contribution in [0.3, 0.4) is 0 Å². The fourth-order valence-corrected chi connectivity index (χ4v) is 6.80. The number of carbonyl (C=O) groups excluding carboxylic acids is 2. The van der Waals surface area contributed by atoms with Crippen LogP contribution in [0.1, 0.15) is 89.2 Å². The Labute approximate surface area is 264 Å². The smallest absolute Gasteiger partial charge is 0.409 e. The molecular weight excluding hydrogens is 583 g/mol. The van der Waals surface area contributed by atoms with Crippen LogP contribution in [0.2, 0.25) is 0 Å². The van der Waals surface area contributed by atoms with Crippen LogP contribution >= 0.6 is 24.0 Å². The molecule has 0 aromatic carbocycles. The van der Waals surface area contributed by atoms with Gasteiger partial charge in [-0.25, -0.2) is 9.78 Å². The summed E-state index contributed by atoms with van der Waals surface area (Å²) in [5.41, 5.74) is 1.58. The normalized spacial score (nSPS) is 16.6. The summed E-state index contributed by atoms with van der Waals surface area (Å²) in [6.07, 6.45) is 15.3. The van der Waals surface area contributed by atoms with Crippen LogP contribution in [0.4, 0.5) is 10.6 Å². The highest BCUT2D eigenvalue weighted by molar-refractivity contribution is 8.26. The minimum absolute atomic E-state index is 0.155. The molecule has 43 heavy (non-hydrogen) atoms. The van der Waals surface area contributed by atoms with Crippen molar-refractivity contribution in [3.63, 3.8) is 0 Å². The van der Waals surface area contributed by atoms with E-state index in [4.69, 9.17) is 21.9 Å². The van der Waals surface area contributed by atoms with Crippen LogP contribution in [-0.4, -0.2) is 74.8 Å². The standard InChI is InChI=1S/C32H45N5O4S2/c1-4-6-7-8-9-10-11-12-13-14-17-36-30(39)26(43-32(36)42)22-25-28(33-27-16-15-24(3)23-37(27)29(25)38)34-18-20-35(21-19-34)31(40)41-5-2/h15-16,22-23H,4-14,17-21H2,1-3H3. The summed E-state index contributed by atoms with van der Waals surface area (Å²) in [5.74, 6) is 0.357. The van der Waals surface area contributed by atoms with Crippen molar-refractivity contribution in [1.82, 2.24) is 19.2 Å². The van der Waals surface area contributed by atoms with Crippen molar-refractivity contribution in [2.24, 2.45) is 0 Å². The molecule has 2 aliphatic heterocycles. The third kappa shape index (κ3) is 8.59. The van der Waals surface area contributed by atoms with E-state index in [0.717, 1.165) is 18.4 Å². The van der Waals surface area contributed by atoms with Crippen molar-refractivity contribution >= 4 is 57.8 Å². The number of rotatable bonds is 14. The molecule has 0 unspecified atom stereocenters. The SMILES string of the molecule is CCCCCCCCCCCCN1C(=O)C(=Cc2c(N3CCN(C(=O)OCC)CC3)nc3ccc(C)cn3c2=O)SC1=S. The number of anilines is 1. The lowest BCUT2D eigenvalue weighted by molar-refractivity contribution is -0.122. The van der Waals surface area contributed by atoms with Crippen molar-refractivity contribution in [1.29, 1.82) is 0 Å². The third-order valence-electron chi connectivity index (χ3n) is 7.97. The van der Waals surface area contributed by atoms with Crippen LogP contribution in [0, 0.1) is 6.92 Å². The molecule has 4 rings (SSSR count). The summed E-state index contributed by atoms with van der Waals surface area (Å²) in [4.78, 5) is 50.2. The van der Waals surface area contributed by atoms with Crippen molar-refractivity contribution in [3.05, 3.63) is 44.7 Å². The Hall–Kier alpha value is -2.92. The number of unbranched alkanes of at least 4 members (excludes halogenated alkanes) is 9. The van der Waals surface area contributed by atoms with E-state index in [9.17, 15) is 14.4 Å². The van der Waals surface area contributed by atoms with Gasteiger partial charge >= 0.3 is 6.09 Å². The molecule has 4 heterocycles. The molecule has 2 amide bonds. The van der Waals surface area contributed by atoms with Crippen LogP contribution in [0.25, 0.3) is 11.7 Å². The number of piperazine rings is 1. The number of fused-ring (bicyclic) bond motifs is 1. The summed E-state index contributed by atoms with van der Waals surface area (Å²) in [7, 11) is 0. The number of pyridine rings is 1. The number of ether oxygens (including phenoxy) is 1. The maximum Gasteiger partial charge on any atom is 0.409 e. The van der Waals surface area contributed by atoms with Gasteiger partial charge in [-0.2, -0.15) is 0 Å². The summed E-state index contributed by atoms with van der Waals surface area (Å²) in [5, 5.41) is 0. The van der Waals surface area contributed by atoms with Crippen molar-refractivity contribution in [3.8, 4) is 0 Å². The molecule has 9 nitrogen and oxygen atoms in total. The number of thiocarbonyl (C=S) groups is 1. The average Bonchev–Trinajstić information content (AvgIpc) is 3.27. The van der Waals surface area contributed by atoms with Gasteiger partial charge in [-0.15, -0.1) is 0 Å². The van der Waals surface area contributed by atoms with Crippen LogP contribution in [0.15, 0.2) is 28.0 Å². The quantitative estimate of drug-likeness (QED) is 0.135. The minimum Gasteiger partial charge on any atom is -0.450 e. The average molecular weight is 628 g/mol. The summed E-state index contributed by atoms with van der Waals surface area (Å²) < 4.78 is 7.22. The molecule has 11 heteroatoms. The topological polar surface area (TPSA) is 87.5 Å². The number of amides is 2. The second kappa shape index (κ2) is 16.2. The van der Waals surface area contributed by atoms with E-state index in [0.29, 0.717) is 65.6 Å². The van der Waals surface area contributed by atoms with Crippen LogP contribution in [0.5, 0.6) is 0 Å². The Morgan fingerprint density at radius 3 is 2.28 bits per heavy atom. The molecule has 0 bridgehead atoms. The number of carbonyl (C=O) groups is 2. The van der Waals surface area contributed by atoms with Gasteiger partial charge in [0.1, 0.15) is 15.8 Å².